The van der Waals surface area contributed by atoms with Crippen LogP contribution in [0.5, 0.6) is 0 Å². The summed E-state index contributed by atoms with van der Waals surface area (Å²) in [5, 5.41) is 3.43. The molecule has 158 valence electrons. The Balaban J connectivity index is 1.33. The van der Waals surface area contributed by atoms with Gasteiger partial charge in [-0.05, 0) is 43.2 Å². The highest BCUT2D eigenvalue weighted by Gasteiger charge is 2.38. The van der Waals surface area contributed by atoms with E-state index in [4.69, 9.17) is 0 Å². The molecular formula is C21H17F3N6O. The van der Waals surface area contributed by atoms with E-state index in [0.717, 1.165) is 48.3 Å². The van der Waals surface area contributed by atoms with E-state index in [1.807, 2.05) is 24.3 Å². The molecule has 0 aromatic carbocycles. The summed E-state index contributed by atoms with van der Waals surface area (Å²) in [6.45, 7) is 1.62. The number of hydrogen-bond donors (Lipinski definition) is 0. The monoisotopic (exact) mass is 426 g/mol. The zero-order valence-electron chi connectivity index (χ0n) is 16.3. The average molecular weight is 426 g/mol. The van der Waals surface area contributed by atoms with Crippen molar-refractivity contribution >= 4 is 16.7 Å². The summed E-state index contributed by atoms with van der Waals surface area (Å²) in [6, 6.07) is 11.0. The minimum absolute atomic E-state index is 0.166. The molecule has 0 amide bonds. The Morgan fingerprint density at radius 1 is 0.935 bits per heavy atom. The third-order valence-electron chi connectivity index (χ3n) is 5.40. The molecule has 1 aliphatic heterocycles. The Morgan fingerprint density at radius 2 is 1.77 bits per heavy atom. The first kappa shape index (κ1) is 19.4. The minimum Gasteiger partial charge on any atom is -0.370 e. The van der Waals surface area contributed by atoms with Crippen LogP contribution in [-0.4, -0.2) is 38.2 Å². The van der Waals surface area contributed by atoms with E-state index in [0.29, 0.717) is 0 Å². The summed E-state index contributed by atoms with van der Waals surface area (Å²) in [7, 11) is 0. The van der Waals surface area contributed by atoms with Crippen molar-refractivity contribution in [3.8, 4) is 11.5 Å². The molecule has 31 heavy (non-hydrogen) atoms. The second-order valence-corrected chi connectivity index (χ2v) is 7.33. The summed E-state index contributed by atoms with van der Waals surface area (Å²) in [5.74, 6) is -1.35. The fourth-order valence-corrected chi connectivity index (χ4v) is 3.88. The van der Waals surface area contributed by atoms with Gasteiger partial charge in [0.1, 0.15) is 11.2 Å². The number of pyridine rings is 3. The number of halogens is 3. The molecule has 0 atom stereocenters. The van der Waals surface area contributed by atoms with E-state index >= 15 is 0 Å². The Bertz CT molecular complexity index is 1210. The van der Waals surface area contributed by atoms with Crippen LogP contribution in [-0.2, 0) is 6.18 Å². The van der Waals surface area contributed by atoms with Gasteiger partial charge in [-0.2, -0.15) is 18.2 Å². The zero-order chi connectivity index (χ0) is 21.4. The van der Waals surface area contributed by atoms with Gasteiger partial charge in [-0.1, -0.05) is 11.2 Å². The quantitative estimate of drug-likeness (QED) is 0.478. The van der Waals surface area contributed by atoms with Gasteiger partial charge in [0, 0.05) is 37.1 Å². The van der Waals surface area contributed by atoms with Gasteiger partial charge >= 0.3 is 12.1 Å². The van der Waals surface area contributed by atoms with E-state index in [1.165, 1.54) is 0 Å². The van der Waals surface area contributed by atoms with Crippen LogP contribution in [0.1, 0.15) is 30.3 Å². The van der Waals surface area contributed by atoms with Crippen molar-refractivity contribution in [2.75, 3.05) is 18.0 Å². The summed E-state index contributed by atoms with van der Waals surface area (Å²) in [4.78, 5) is 19.1. The van der Waals surface area contributed by atoms with E-state index in [-0.39, 0.29) is 17.4 Å². The molecule has 0 N–H and O–H groups in total. The number of alkyl halides is 3. The molecule has 1 aliphatic rings. The highest BCUT2D eigenvalue weighted by molar-refractivity contribution is 5.87. The smallest absolute Gasteiger partial charge is 0.370 e. The Kier molecular flexibility index (Phi) is 4.76. The molecule has 1 saturated heterocycles. The lowest BCUT2D eigenvalue weighted by Crippen LogP contribution is -2.33. The van der Waals surface area contributed by atoms with Crippen molar-refractivity contribution in [2.45, 2.75) is 24.9 Å². The number of rotatable bonds is 3. The molecule has 4 aromatic rings. The molecule has 0 unspecified atom stereocenters. The normalized spacial score (nSPS) is 15.5. The van der Waals surface area contributed by atoms with E-state index < -0.39 is 12.1 Å². The minimum atomic E-state index is -4.68. The van der Waals surface area contributed by atoms with Crippen LogP contribution in [0.4, 0.5) is 18.9 Å². The van der Waals surface area contributed by atoms with Crippen LogP contribution in [0.2, 0.25) is 0 Å². The van der Waals surface area contributed by atoms with Crippen LogP contribution in [0.25, 0.3) is 22.6 Å². The topological polar surface area (TPSA) is 80.8 Å². The van der Waals surface area contributed by atoms with Crippen molar-refractivity contribution in [1.82, 2.24) is 25.1 Å². The highest BCUT2D eigenvalue weighted by atomic mass is 19.4. The molecule has 7 nitrogen and oxygen atoms in total. The number of piperidine rings is 1. The number of nitrogens with zero attached hydrogens (tertiary/aromatic N) is 6. The van der Waals surface area contributed by atoms with Crippen molar-refractivity contribution < 1.29 is 17.7 Å². The predicted molar refractivity (Wildman–Crippen MR) is 106 cm³/mol. The Labute approximate surface area is 175 Å². The Hall–Kier alpha value is -3.56. The lowest BCUT2D eigenvalue weighted by Gasteiger charge is -2.33. The molecular weight excluding hydrogens is 409 g/mol. The van der Waals surface area contributed by atoms with E-state index in [9.17, 15) is 13.2 Å². The second-order valence-electron chi connectivity index (χ2n) is 7.33. The first-order chi connectivity index (χ1) is 15.0. The lowest BCUT2D eigenvalue weighted by atomic mass is 9.92. The third kappa shape index (κ3) is 3.80. The van der Waals surface area contributed by atoms with Crippen molar-refractivity contribution in [2.24, 2.45) is 0 Å². The summed E-state index contributed by atoms with van der Waals surface area (Å²) in [6.07, 6.45) is 0.580. The van der Waals surface area contributed by atoms with Gasteiger partial charge in [-0.15, -0.1) is 0 Å². The average Bonchev–Trinajstić information content (AvgIpc) is 3.30. The van der Waals surface area contributed by atoms with Gasteiger partial charge in [0.2, 0.25) is 5.82 Å². The predicted octanol–water partition coefficient (Wildman–Crippen LogP) is 4.48. The fourth-order valence-electron chi connectivity index (χ4n) is 3.88. The molecule has 10 heteroatoms. The Morgan fingerprint density at radius 3 is 2.55 bits per heavy atom. The van der Waals surface area contributed by atoms with Crippen LogP contribution in [0.3, 0.4) is 0 Å². The van der Waals surface area contributed by atoms with Crippen molar-refractivity contribution in [3.05, 3.63) is 60.4 Å². The van der Waals surface area contributed by atoms with Crippen LogP contribution >= 0.6 is 0 Å². The summed E-state index contributed by atoms with van der Waals surface area (Å²) >= 11 is 0. The van der Waals surface area contributed by atoms with Gasteiger partial charge in [-0.3, -0.25) is 9.97 Å². The molecule has 0 aliphatic carbocycles. The lowest BCUT2D eigenvalue weighted by molar-refractivity contribution is -0.159. The maximum absolute atomic E-state index is 12.7. The largest absolute Gasteiger partial charge is 0.471 e. The molecule has 0 spiro atoms. The van der Waals surface area contributed by atoms with Crippen molar-refractivity contribution in [3.63, 3.8) is 0 Å². The van der Waals surface area contributed by atoms with Crippen LogP contribution in [0.15, 0.2) is 53.3 Å². The molecule has 5 rings (SSSR count). The molecule has 4 aromatic heterocycles. The second kappa shape index (κ2) is 7.60. The van der Waals surface area contributed by atoms with Crippen LogP contribution in [0, 0.1) is 0 Å². The summed E-state index contributed by atoms with van der Waals surface area (Å²) in [5.41, 5.74) is 3.87. The number of aromatic nitrogens is 5. The maximum atomic E-state index is 12.7. The van der Waals surface area contributed by atoms with Gasteiger partial charge in [0.25, 0.3) is 0 Å². The SMILES string of the molecule is FC(F)(F)c1nc(-c2cccc(C3CCN(c4ccnc5cccnc45)CC3)n2)no1. The fraction of sp³-hybridized carbons (Fsp3) is 0.286. The molecule has 0 bridgehead atoms. The molecule has 0 saturated carbocycles. The number of anilines is 1. The van der Waals surface area contributed by atoms with E-state index in [2.05, 4.69) is 34.5 Å². The van der Waals surface area contributed by atoms with Gasteiger partial charge in [0.05, 0.1) is 11.2 Å². The van der Waals surface area contributed by atoms with Gasteiger partial charge in [0.15, 0.2) is 0 Å². The van der Waals surface area contributed by atoms with Crippen LogP contribution < -0.4 is 4.90 Å². The highest BCUT2D eigenvalue weighted by Crippen LogP contribution is 2.33. The van der Waals surface area contributed by atoms with E-state index in [1.54, 1.807) is 24.5 Å². The maximum Gasteiger partial charge on any atom is 0.471 e. The standard InChI is InChI=1S/C21H17F3N6O/c22-21(23,24)20-28-19(29-31-20)16-4-1-3-14(27-16)13-7-11-30(12-8-13)17-6-10-25-15-5-2-9-26-18(15)17/h1-6,9-10,13H,7-8,11-12H2. The van der Waals surface area contributed by atoms with Gasteiger partial charge < -0.3 is 9.42 Å². The molecule has 0 radical (unpaired) electrons. The third-order valence-corrected chi connectivity index (χ3v) is 5.40. The number of hydrogen-bond acceptors (Lipinski definition) is 7. The molecule has 5 heterocycles. The van der Waals surface area contributed by atoms with Crippen molar-refractivity contribution in [1.29, 1.82) is 0 Å². The first-order valence-corrected chi connectivity index (χ1v) is 9.82. The molecule has 1 fully saturated rings. The number of fused-ring (bicyclic) bond motifs is 1. The first-order valence-electron chi connectivity index (χ1n) is 9.82. The van der Waals surface area contributed by atoms with Gasteiger partial charge in [-0.25, -0.2) is 4.98 Å². The zero-order valence-corrected chi connectivity index (χ0v) is 16.3. The summed E-state index contributed by atoms with van der Waals surface area (Å²) < 4.78 is 42.5.